The molecule has 5 rings (SSSR count). The summed E-state index contributed by atoms with van der Waals surface area (Å²) in [5.41, 5.74) is 0.0369. The summed E-state index contributed by atoms with van der Waals surface area (Å²) in [5.74, 6) is -1.19. The Morgan fingerprint density at radius 2 is 1.97 bits per heavy atom. The van der Waals surface area contributed by atoms with Crippen molar-refractivity contribution < 1.29 is 24.6 Å². The maximum atomic E-state index is 13.2. The van der Waals surface area contributed by atoms with Crippen molar-refractivity contribution >= 4 is 35.4 Å². The van der Waals surface area contributed by atoms with Gasteiger partial charge < -0.3 is 30.2 Å². The molecular formula is C24H31N5O5S. The van der Waals surface area contributed by atoms with Crippen LogP contribution < -0.4 is 10.2 Å². The average molecular weight is 502 g/mol. The Balaban J connectivity index is 1.20. The number of carboxylic acids is 1. The van der Waals surface area contributed by atoms with Gasteiger partial charge in [-0.1, -0.05) is 13.0 Å². The highest BCUT2D eigenvalue weighted by molar-refractivity contribution is 8.03. The number of carboxylic acid groups (broad SMARTS) is 1. The van der Waals surface area contributed by atoms with E-state index < -0.39 is 18.0 Å². The number of β-lactam (4-membered cyclic amide) rings is 1. The molecule has 188 valence electrons. The maximum Gasteiger partial charge on any atom is 0.353 e. The van der Waals surface area contributed by atoms with E-state index in [1.807, 2.05) is 30.0 Å². The van der Waals surface area contributed by atoms with Gasteiger partial charge in [-0.05, 0) is 25.5 Å². The number of anilines is 1. The van der Waals surface area contributed by atoms with Gasteiger partial charge in [-0.15, -0.1) is 11.8 Å². The van der Waals surface area contributed by atoms with E-state index in [1.54, 1.807) is 13.1 Å². The number of nitrogens with one attached hydrogen (secondary N) is 1. The lowest BCUT2D eigenvalue weighted by Gasteiger charge is -2.46. The third-order valence-corrected chi connectivity index (χ3v) is 9.07. The molecule has 3 N–H and O–H groups in total. The number of nitrogens with zero attached hydrogens (tertiary/aromatic N) is 4. The normalized spacial score (nSPS) is 31.5. The third-order valence-electron chi connectivity index (χ3n) is 7.56. The van der Waals surface area contributed by atoms with Gasteiger partial charge >= 0.3 is 5.97 Å². The summed E-state index contributed by atoms with van der Waals surface area (Å²) in [7, 11) is 0. The number of fused-ring (bicyclic) bond motifs is 1. The molecule has 0 aromatic carbocycles. The van der Waals surface area contributed by atoms with Crippen LogP contribution in [0.5, 0.6) is 0 Å². The minimum absolute atomic E-state index is 0.0318. The summed E-state index contributed by atoms with van der Waals surface area (Å²) >= 11 is 1.46. The van der Waals surface area contributed by atoms with Crippen molar-refractivity contribution in [3.8, 4) is 0 Å². The zero-order chi connectivity index (χ0) is 24.9. The van der Waals surface area contributed by atoms with Gasteiger partial charge in [-0.25, -0.2) is 9.78 Å². The van der Waals surface area contributed by atoms with Gasteiger partial charge in [0.2, 0.25) is 11.8 Å². The molecule has 10 nitrogen and oxygen atoms in total. The Morgan fingerprint density at radius 1 is 1.23 bits per heavy atom. The highest BCUT2D eigenvalue weighted by Crippen LogP contribution is 2.51. The second kappa shape index (κ2) is 9.44. The van der Waals surface area contributed by atoms with E-state index in [4.69, 9.17) is 0 Å². The molecule has 3 saturated heterocycles. The maximum absolute atomic E-state index is 13.2. The molecule has 2 amide bonds. The molecule has 3 fully saturated rings. The molecule has 5 heterocycles. The number of thioether (sulfide) groups is 1. The number of piperazine rings is 1. The van der Waals surface area contributed by atoms with Crippen LogP contribution >= 0.6 is 11.8 Å². The molecule has 35 heavy (non-hydrogen) atoms. The largest absolute Gasteiger partial charge is 0.477 e. The molecule has 0 bridgehead atoms. The van der Waals surface area contributed by atoms with E-state index in [1.165, 1.54) is 16.7 Å². The summed E-state index contributed by atoms with van der Waals surface area (Å²) in [6.45, 7) is 6.82. The molecule has 4 aliphatic rings. The van der Waals surface area contributed by atoms with E-state index in [9.17, 15) is 24.6 Å². The molecule has 0 aliphatic carbocycles. The third kappa shape index (κ3) is 4.19. The molecule has 6 atom stereocenters. The number of carbonyl (C=O) groups excluding carboxylic acids is 2. The number of aliphatic carboxylic acids is 1. The van der Waals surface area contributed by atoms with Crippen molar-refractivity contribution in [3.05, 3.63) is 35.0 Å². The lowest BCUT2D eigenvalue weighted by molar-refractivity contribution is -0.163. The average Bonchev–Trinajstić information content (AvgIpc) is 3.41. The first-order valence-electron chi connectivity index (χ1n) is 12.1. The topological polar surface area (TPSA) is 126 Å². The quantitative estimate of drug-likeness (QED) is 0.473. The number of rotatable bonds is 6. The van der Waals surface area contributed by atoms with Crippen molar-refractivity contribution in [3.63, 3.8) is 0 Å². The van der Waals surface area contributed by atoms with E-state index in [-0.39, 0.29) is 40.8 Å². The molecule has 1 aromatic heterocycles. The minimum Gasteiger partial charge on any atom is -0.477 e. The van der Waals surface area contributed by atoms with Crippen molar-refractivity contribution in [2.75, 3.05) is 37.6 Å². The van der Waals surface area contributed by atoms with Crippen molar-refractivity contribution in [1.82, 2.24) is 20.1 Å². The second-order valence-electron chi connectivity index (χ2n) is 9.71. The van der Waals surface area contributed by atoms with Gasteiger partial charge in [0.15, 0.2) is 0 Å². The van der Waals surface area contributed by atoms with Crippen LogP contribution in [0.2, 0.25) is 0 Å². The zero-order valence-electron chi connectivity index (χ0n) is 19.8. The van der Waals surface area contributed by atoms with Gasteiger partial charge in [0.1, 0.15) is 11.5 Å². The van der Waals surface area contributed by atoms with E-state index in [0.29, 0.717) is 31.0 Å². The lowest BCUT2D eigenvalue weighted by atomic mass is 9.79. The van der Waals surface area contributed by atoms with Gasteiger partial charge in [0, 0.05) is 55.0 Å². The minimum atomic E-state index is -1.12. The Kier molecular flexibility index (Phi) is 6.49. The van der Waals surface area contributed by atoms with Gasteiger partial charge in [-0.3, -0.25) is 9.59 Å². The number of pyridine rings is 1. The fraction of sp³-hybridized carbons (Fsp3) is 0.583. The van der Waals surface area contributed by atoms with E-state index in [0.717, 1.165) is 18.9 Å². The number of carbonyl (C=O) groups is 3. The molecular weight excluding hydrogens is 470 g/mol. The first-order chi connectivity index (χ1) is 16.8. The number of aliphatic hydroxyl groups is 1. The van der Waals surface area contributed by atoms with Crippen LogP contribution in [0.4, 0.5) is 5.82 Å². The monoisotopic (exact) mass is 501 g/mol. The number of aromatic nitrogens is 1. The highest BCUT2D eigenvalue weighted by atomic mass is 32.2. The summed E-state index contributed by atoms with van der Waals surface area (Å²) in [5, 5.41) is 23.2. The molecule has 1 aromatic rings. The van der Waals surface area contributed by atoms with Gasteiger partial charge in [0.05, 0.1) is 24.1 Å². The Morgan fingerprint density at radius 3 is 2.60 bits per heavy atom. The number of aliphatic hydroxyl groups excluding tert-OH is 1. The Labute approximate surface area is 208 Å². The smallest absolute Gasteiger partial charge is 0.353 e. The van der Waals surface area contributed by atoms with Crippen molar-refractivity contribution in [2.45, 2.75) is 43.7 Å². The number of hydrogen-bond donors (Lipinski definition) is 3. The van der Waals surface area contributed by atoms with Crippen LogP contribution in [-0.2, 0) is 14.4 Å². The van der Waals surface area contributed by atoms with Gasteiger partial charge in [0.25, 0.3) is 0 Å². The lowest BCUT2D eigenvalue weighted by Crippen LogP contribution is -2.63. The first-order valence-corrected chi connectivity index (χ1v) is 13.0. The number of hydrogen-bond acceptors (Lipinski definition) is 8. The highest BCUT2D eigenvalue weighted by Gasteiger charge is 2.60. The molecule has 0 spiro atoms. The second-order valence-corrected chi connectivity index (χ2v) is 11.1. The fourth-order valence-corrected chi connectivity index (χ4v) is 7.24. The zero-order valence-corrected chi connectivity index (χ0v) is 20.6. The molecule has 0 radical (unpaired) electrons. The number of amides is 2. The molecule has 0 unspecified atom stereocenters. The summed E-state index contributed by atoms with van der Waals surface area (Å²) in [4.78, 5) is 48.2. The summed E-state index contributed by atoms with van der Waals surface area (Å²) in [6, 6.07) is 5.19. The predicted molar refractivity (Wildman–Crippen MR) is 130 cm³/mol. The molecule has 4 aliphatic heterocycles. The van der Waals surface area contributed by atoms with Crippen LogP contribution in [0.25, 0.3) is 0 Å². The standard InChI is InChI=1S/C24H31N5O5S/c1-13-19-18(14(2)30)23(32)29(19)20(24(33)34)21(13)35-15-11-16(26-12-15)22(31)28-9-7-27(8-10-28)17-5-3-4-6-25-17/h3-6,13-16,18-19,26,30H,7-12H2,1-2H3,(H,33,34)/t13-,14-,15+,16+,18-,19-/m1/s1. The summed E-state index contributed by atoms with van der Waals surface area (Å²) < 4.78 is 0. The van der Waals surface area contributed by atoms with Crippen LogP contribution in [0.15, 0.2) is 35.0 Å². The molecule has 0 saturated carbocycles. The predicted octanol–water partition coefficient (Wildman–Crippen LogP) is 0.348. The van der Waals surface area contributed by atoms with Crippen LogP contribution in [0.3, 0.4) is 0 Å². The van der Waals surface area contributed by atoms with Crippen LogP contribution in [0, 0.1) is 11.8 Å². The van der Waals surface area contributed by atoms with Gasteiger partial charge in [-0.2, -0.15) is 0 Å². The van der Waals surface area contributed by atoms with E-state index in [2.05, 4.69) is 15.2 Å². The van der Waals surface area contributed by atoms with Crippen LogP contribution in [-0.4, -0.2) is 98.9 Å². The SMILES string of the molecule is C[C@@H](O)[C@H]1C(=O)N2C(C(=O)O)=C(S[C@@H]3CN[C@H](C(=O)N4CCN(c5ccccn5)CC4)C3)[C@H](C)[C@H]12. The van der Waals surface area contributed by atoms with Crippen molar-refractivity contribution in [1.29, 1.82) is 0 Å². The van der Waals surface area contributed by atoms with Crippen molar-refractivity contribution in [2.24, 2.45) is 11.8 Å². The van der Waals surface area contributed by atoms with E-state index >= 15 is 0 Å². The Hall–Kier alpha value is -2.63. The van der Waals surface area contributed by atoms with Crippen LogP contribution in [0.1, 0.15) is 20.3 Å². The fourth-order valence-electron chi connectivity index (χ4n) is 5.76. The molecule has 11 heteroatoms. The Bertz CT molecular complexity index is 1040. The summed E-state index contributed by atoms with van der Waals surface area (Å²) in [6.07, 6.45) is 1.55. The first kappa shape index (κ1) is 24.1.